The van der Waals surface area contributed by atoms with Crippen molar-refractivity contribution in [3.8, 4) is 5.75 Å². The van der Waals surface area contributed by atoms with Crippen LogP contribution in [-0.4, -0.2) is 24.1 Å². The van der Waals surface area contributed by atoms with Crippen molar-refractivity contribution in [3.05, 3.63) is 23.8 Å². The maximum absolute atomic E-state index is 12.2. The van der Waals surface area contributed by atoms with E-state index in [1.165, 1.54) is 0 Å². The van der Waals surface area contributed by atoms with Gasteiger partial charge in [0.1, 0.15) is 5.75 Å². The van der Waals surface area contributed by atoms with E-state index in [0.29, 0.717) is 5.69 Å². The molecule has 2 aliphatic rings. The van der Waals surface area contributed by atoms with Crippen LogP contribution in [0.1, 0.15) is 24.8 Å². The molecule has 1 aromatic rings. The molecule has 1 heterocycles. The summed E-state index contributed by atoms with van der Waals surface area (Å²) in [5.41, 5.74) is 1.76. The summed E-state index contributed by atoms with van der Waals surface area (Å²) in [7, 11) is 0. The molecular formula is C15H20N2O2. The van der Waals surface area contributed by atoms with Gasteiger partial charge < -0.3 is 15.7 Å². The van der Waals surface area contributed by atoms with Crippen LogP contribution in [0.2, 0.25) is 0 Å². The third-order valence-electron chi connectivity index (χ3n) is 4.58. The molecule has 1 aliphatic heterocycles. The van der Waals surface area contributed by atoms with Crippen LogP contribution < -0.4 is 10.6 Å². The summed E-state index contributed by atoms with van der Waals surface area (Å²) in [5, 5.41) is 15.9. The van der Waals surface area contributed by atoms with E-state index >= 15 is 0 Å². The van der Waals surface area contributed by atoms with Crippen molar-refractivity contribution in [1.82, 2.24) is 5.32 Å². The lowest BCUT2D eigenvalue weighted by Crippen LogP contribution is -2.31. The van der Waals surface area contributed by atoms with Crippen molar-refractivity contribution in [2.45, 2.75) is 26.2 Å². The molecule has 3 rings (SSSR count). The first kappa shape index (κ1) is 12.5. The van der Waals surface area contributed by atoms with Gasteiger partial charge in [0.15, 0.2) is 0 Å². The Hall–Kier alpha value is -1.55. The normalized spacial score (nSPS) is 24.2. The average Bonchev–Trinajstić information content (AvgIpc) is 3.08. The molecule has 1 aliphatic carbocycles. The van der Waals surface area contributed by atoms with Gasteiger partial charge in [-0.1, -0.05) is 6.07 Å². The zero-order chi connectivity index (χ0) is 13.5. The minimum absolute atomic E-state index is 0.102. The predicted molar refractivity (Wildman–Crippen MR) is 74.1 cm³/mol. The fraction of sp³-hybridized carbons (Fsp3) is 0.533. The smallest absolute Gasteiger partial charge is 0.228 e. The Morgan fingerprint density at radius 2 is 2.16 bits per heavy atom. The second-order valence-corrected chi connectivity index (χ2v) is 5.86. The molecule has 2 fully saturated rings. The van der Waals surface area contributed by atoms with E-state index in [4.69, 9.17) is 0 Å². The highest BCUT2D eigenvalue weighted by Crippen LogP contribution is 2.58. The number of amides is 1. The minimum Gasteiger partial charge on any atom is -0.508 e. The summed E-state index contributed by atoms with van der Waals surface area (Å²) in [6.45, 7) is 3.88. The molecule has 0 aromatic heterocycles. The van der Waals surface area contributed by atoms with E-state index in [1.807, 2.05) is 19.1 Å². The van der Waals surface area contributed by atoms with E-state index < -0.39 is 0 Å². The number of benzene rings is 1. The maximum Gasteiger partial charge on any atom is 0.228 e. The highest BCUT2D eigenvalue weighted by atomic mass is 16.3. The van der Waals surface area contributed by atoms with Crippen LogP contribution in [-0.2, 0) is 4.79 Å². The Balaban J connectivity index is 1.64. The quantitative estimate of drug-likeness (QED) is 0.762. The van der Waals surface area contributed by atoms with E-state index in [1.54, 1.807) is 6.07 Å². The van der Waals surface area contributed by atoms with Gasteiger partial charge in [0.2, 0.25) is 5.91 Å². The van der Waals surface area contributed by atoms with Crippen molar-refractivity contribution in [3.63, 3.8) is 0 Å². The van der Waals surface area contributed by atoms with Crippen LogP contribution in [0.4, 0.5) is 5.69 Å². The van der Waals surface area contributed by atoms with Gasteiger partial charge in [0.25, 0.3) is 0 Å². The summed E-state index contributed by atoms with van der Waals surface area (Å²) >= 11 is 0. The molecule has 1 amide bonds. The number of carbonyl (C=O) groups is 1. The SMILES string of the molecule is Cc1ccc(NC(=O)C2CC23CCNCC3)cc1O. The molecule has 1 saturated heterocycles. The fourth-order valence-electron chi connectivity index (χ4n) is 3.11. The van der Waals surface area contributed by atoms with Crippen molar-refractivity contribution >= 4 is 11.6 Å². The van der Waals surface area contributed by atoms with Crippen LogP contribution in [0.15, 0.2) is 18.2 Å². The topological polar surface area (TPSA) is 61.4 Å². The Morgan fingerprint density at radius 3 is 2.84 bits per heavy atom. The van der Waals surface area contributed by atoms with Crippen molar-refractivity contribution in [2.75, 3.05) is 18.4 Å². The monoisotopic (exact) mass is 260 g/mol. The zero-order valence-corrected chi connectivity index (χ0v) is 11.2. The highest BCUT2D eigenvalue weighted by Gasteiger charge is 2.57. The summed E-state index contributed by atoms with van der Waals surface area (Å²) in [6, 6.07) is 5.27. The standard InChI is InChI=1S/C15H20N2O2/c1-10-2-3-11(8-13(10)18)17-14(19)12-9-15(12)4-6-16-7-5-15/h2-3,8,12,16,18H,4-7,9H2,1H3,(H,17,19). The summed E-state index contributed by atoms with van der Waals surface area (Å²) in [5.74, 6) is 0.480. The lowest BCUT2D eigenvalue weighted by atomic mass is 9.92. The van der Waals surface area contributed by atoms with Crippen LogP contribution in [0.3, 0.4) is 0 Å². The summed E-state index contributed by atoms with van der Waals surface area (Å²) in [6.07, 6.45) is 3.22. The van der Waals surface area contributed by atoms with Crippen molar-refractivity contribution in [1.29, 1.82) is 0 Å². The molecule has 1 atom stereocenters. The molecule has 1 unspecified atom stereocenters. The number of phenolic OH excluding ortho intramolecular Hbond substituents is 1. The van der Waals surface area contributed by atoms with Gasteiger partial charge in [-0.05, 0) is 56.3 Å². The third kappa shape index (κ3) is 2.32. The average molecular weight is 260 g/mol. The number of hydrogen-bond donors (Lipinski definition) is 3. The molecule has 3 N–H and O–H groups in total. The van der Waals surface area contributed by atoms with Crippen LogP contribution in [0.5, 0.6) is 5.75 Å². The molecule has 19 heavy (non-hydrogen) atoms. The Kier molecular flexibility index (Phi) is 2.97. The first-order valence-corrected chi connectivity index (χ1v) is 6.92. The van der Waals surface area contributed by atoms with Crippen molar-refractivity contribution < 1.29 is 9.90 Å². The second-order valence-electron chi connectivity index (χ2n) is 5.86. The third-order valence-corrected chi connectivity index (χ3v) is 4.58. The molecule has 1 spiro atoms. The number of hydrogen-bond acceptors (Lipinski definition) is 3. The number of rotatable bonds is 2. The molecular weight excluding hydrogens is 240 g/mol. The molecule has 0 bridgehead atoms. The number of aryl methyl sites for hydroxylation is 1. The lowest BCUT2D eigenvalue weighted by Gasteiger charge is -2.23. The van der Waals surface area contributed by atoms with Gasteiger partial charge in [0, 0.05) is 17.7 Å². The van der Waals surface area contributed by atoms with E-state index in [-0.39, 0.29) is 23.0 Å². The van der Waals surface area contributed by atoms with Crippen LogP contribution in [0.25, 0.3) is 0 Å². The fourth-order valence-corrected chi connectivity index (χ4v) is 3.11. The predicted octanol–water partition coefficient (Wildman–Crippen LogP) is 2.03. The molecule has 102 valence electrons. The summed E-state index contributed by atoms with van der Waals surface area (Å²) < 4.78 is 0. The first-order valence-electron chi connectivity index (χ1n) is 6.92. The Labute approximate surface area is 113 Å². The van der Waals surface area contributed by atoms with Crippen molar-refractivity contribution in [2.24, 2.45) is 11.3 Å². The minimum atomic E-state index is 0.102. The molecule has 4 heteroatoms. The lowest BCUT2D eigenvalue weighted by molar-refractivity contribution is -0.118. The molecule has 4 nitrogen and oxygen atoms in total. The first-order chi connectivity index (χ1) is 9.11. The van der Waals surface area contributed by atoms with Crippen LogP contribution in [0, 0.1) is 18.3 Å². The Bertz CT molecular complexity index is 507. The Morgan fingerprint density at radius 1 is 1.42 bits per heavy atom. The van der Waals surface area contributed by atoms with Gasteiger partial charge in [-0.2, -0.15) is 0 Å². The van der Waals surface area contributed by atoms with E-state index in [9.17, 15) is 9.90 Å². The second kappa shape index (κ2) is 4.53. The zero-order valence-electron chi connectivity index (χ0n) is 11.2. The van der Waals surface area contributed by atoms with E-state index in [2.05, 4.69) is 10.6 Å². The highest BCUT2D eigenvalue weighted by molar-refractivity contribution is 5.95. The van der Waals surface area contributed by atoms with Gasteiger partial charge >= 0.3 is 0 Å². The van der Waals surface area contributed by atoms with E-state index in [0.717, 1.165) is 37.9 Å². The summed E-state index contributed by atoms with van der Waals surface area (Å²) in [4.78, 5) is 12.2. The van der Waals surface area contributed by atoms with Gasteiger partial charge in [0.05, 0.1) is 0 Å². The number of carbonyl (C=O) groups excluding carboxylic acids is 1. The van der Waals surface area contributed by atoms with Gasteiger partial charge in [-0.3, -0.25) is 4.79 Å². The maximum atomic E-state index is 12.2. The molecule has 1 saturated carbocycles. The molecule has 0 radical (unpaired) electrons. The number of nitrogens with one attached hydrogen (secondary N) is 2. The van der Waals surface area contributed by atoms with Gasteiger partial charge in [-0.25, -0.2) is 0 Å². The number of aromatic hydroxyl groups is 1. The van der Waals surface area contributed by atoms with Crippen LogP contribution >= 0.6 is 0 Å². The number of anilines is 1. The number of piperidine rings is 1. The largest absolute Gasteiger partial charge is 0.508 e. The molecule has 1 aromatic carbocycles. The number of phenols is 1. The van der Waals surface area contributed by atoms with Gasteiger partial charge in [-0.15, -0.1) is 0 Å².